The number of hydrogen-bond donors (Lipinski definition) is 1. The monoisotopic (exact) mass is 239 g/mol. The van der Waals surface area contributed by atoms with Crippen LogP contribution in [0, 0.1) is 0 Å². The highest BCUT2D eigenvalue weighted by molar-refractivity contribution is 7.92. The standard InChI is InChI=1S/C9H21NO4S/c1-9(2,15(5,11)12)7-10-6-8(13-3)14-4/h8,10H,6-7H2,1-5H3. The summed E-state index contributed by atoms with van der Waals surface area (Å²) in [6, 6.07) is 0. The molecule has 0 bridgehead atoms. The van der Waals surface area contributed by atoms with E-state index in [4.69, 9.17) is 9.47 Å². The maximum absolute atomic E-state index is 11.4. The minimum atomic E-state index is -3.06. The molecule has 0 heterocycles. The molecule has 0 unspecified atom stereocenters. The summed E-state index contributed by atoms with van der Waals surface area (Å²) < 4.78 is 31.9. The lowest BCUT2D eigenvalue weighted by Gasteiger charge is -2.24. The van der Waals surface area contributed by atoms with Gasteiger partial charge >= 0.3 is 0 Å². The van der Waals surface area contributed by atoms with Crippen molar-refractivity contribution in [3.8, 4) is 0 Å². The van der Waals surface area contributed by atoms with E-state index in [0.717, 1.165) is 0 Å². The Labute approximate surface area is 92.1 Å². The van der Waals surface area contributed by atoms with Crippen molar-refractivity contribution in [2.24, 2.45) is 0 Å². The highest BCUT2D eigenvalue weighted by Gasteiger charge is 2.29. The molecule has 0 rings (SSSR count). The van der Waals surface area contributed by atoms with Crippen molar-refractivity contribution >= 4 is 9.84 Å². The maximum atomic E-state index is 11.4. The van der Waals surface area contributed by atoms with E-state index >= 15 is 0 Å². The van der Waals surface area contributed by atoms with Crippen LogP contribution in [0.2, 0.25) is 0 Å². The van der Waals surface area contributed by atoms with E-state index in [-0.39, 0.29) is 6.29 Å². The molecule has 0 saturated heterocycles. The zero-order valence-corrected chi connectivity index (χ0v) is 10.8. The molecule has 15 heavy (non-hydrogen) atoms. The molecule has 0 aliphatic carbocycles. The van der Waals surface area contributed by atoms with Crippen molar-refractivity contribution in [3.63, 3.8) is 0 Å². The molecule has 0 atom stereocenters. The number of nitrogens with one attached hydrogen (secondary N) is 1. The topological polar surface area (TPSA) is 64.6 Å². The van der Waals surface area contributed by atoms with Crippen LogP contribution in [0.15, 0.2) is 0 Å². The summed E-state index contributed by atoms with van der Waals surface area (Å²) in [6.07, 6.45) is 0.888. The third-order valence-electron chi connectivity index (χ3n) is 2.39. The van der Waals surface area contributed by atoms with E-state index in [2.05, 4.69) is 5.32 Å². The molecule has 0 fully saturated rings. The van der Waals surface area contributed by atoms with Crippen molar-refractivity contribution in [2.45, 2.75) is 24.9 Å². The second-order valence-corrected chi connectivity index (χ2v) is 6.71. The molecule has 0 radical (unpaired) electrons. The van der Waals surface area contributed by atoms with Crippen molar-refractivity contribution in [2.75, 3.05) is 33.6 Å². The smallest absolute Gasteiger partial charge is 0.169 e. The van der Waals surface area contributed by atoms with Crippen LogP contribution in [0.1, 0.15) is 13.8 Å². The first kappa shape index (κ1) is 14.8. The second-order valence-electron chi connectivity index (χ2n) is 4.06. The molecule has 1 N–H and O–H groups in total. The summed E-state index contributed by atoms with van der Waals surface area (Å²) in [5, 5.41) is 3.00. The normalized spacial score (nSPS) is 13.5. The molecule has 0 saturated carbocycles. The summed E-state index contributed by atoms with van der Waals surface area (Å²) in [7, 11) is 0.0206. The average Bonchev–Trinajstić information content (AvgIpc) is 2.10. The molecule has 92 valence electrons. The molecule has 5 nitrogen and oxygen atoms in total. The molecule has 0 amide bonds. The zero-order valence-electron chi connectivity index (χ0n) is 10.0. The molecule has 0 aromatic carbocycles. The largest absolute Gasteiger partial charge is 0.355 e. The highest BCUT2D eigenvalue weighted by atomic mass is 32.2. The first-order valence-corrected chi connectivity index (χ1v) is 6.59. The third kappa shape index (κ3) is 4.92. The van der Waals surface area contributed by atoms with Crippen molar-refractivity contribution in [1.29, 1.82) is 0 Å². The van der Waals surface area contributed by atoms with Gasteiger partial charge in [0.1, 0.15) is 0 Å². The van der Waals surface area contributed by atoms with Gasteiger partial charge in [0.05, 0.1) is 4.75 Å². The van der Waals surface area contributed by atoms with Gasteiger partial charge in [-0.3, -0.25) is 0 Å². The van der Waals surface area contributed by atoms with Gasteiger partial charge in [0, 0.05) is 33.6 Å². The minimum absolute atomic E-state index is 0.347. The van der Waals surface area contributed by atoms with Crippen molar-refractivity contribution < 1.29 is 17.9 Å². The highest BCUT2D eigenvalue weighted by Crippen LogP contribution is 2.13. The molecule has 0 aromatic rings. The predicted octanol–water partition coefficient (Wildman–Crippen LogP) is 0.0181. The Morgan fingerprint density at radius 3 is 2.07 bits per heavy atom. The van der Waals surface area contributed by atoms with Crippen LogP contribution in [-0.4, -0.2) is 53.0 Å². The van der Waals surface area contributed by atoms with Crippen LogP contribution < -0.4 is 5.32 Å². The molecule has 0 aliphatic rings. The molecule has 0 aliphatic heterocycles. The van der Waals surface area contributed by atoms with Gasteiger partial charge in [-0.05, 0) is 13.8 Å². The lowest BCUT2D eigenvalue weighted by Crippen LogP contribution is -2.44. The Balaban J connectivity index is 4.06. The lowest BCUT2D eigenvalue weighted by molar-refractivity contribution is -0.0987. The van der Waals surface area contributed by atoms with Gasteiger partial charge in [0.2, 0.25) is 0 Å². The van der Waals surface area contributed by atoms with Crippen LogP contribution in [-0.2, 0) is 19.3 Å². The van der Waals surface area contributed by atoms with Gasteiger partial charge in [0.25, 0.3) is 0 Å². The van der Waals surface area contributed by atoms with E-state index in [9.17, 15) is 8.42 Å². The summed E-state index contributed by atoms with van der Waals surface area (Å²) in [5.74, 6) is 0. The van der Waals surface area contributed by atoms with Crippen molar-refractivity contribution in [1.82, 2.24) is 5.32 Å². The predicted molar refractivity (Wildman–Crippen MR) is 59.6 cm³/mol. The first-order valence-electron chi connectivity index (χ1n) is 4.70. The van der Waals surface area contributed by atoms with Crippen LogP contribution in [0.5, 0.6) is 0 Å². The fraction of sp³-hybridized carbons (Fsp3) is 1.00. The molecular weight excluding hydrogens is 218 g/mol. The summed E-state index contributed by atoms with van der Waals surface area (Å²) in [6.45, 7) is 4.20. The van der Waals surface area contributed by atoms with Gasteiger partial charge < -0.3 is 14.8 Å². The molecule has 0 aromatic heterocycles. The summed E-state index contributed by atoms with van der Waals surface area (Å²) in [5.41, 5.74) is 0. The van der Waals surface area contributed by atoms with Gasteiger partial charge in [0.15, 0.2) is 16.1 Å². The van der Waals surface area contributed by atoms with E-state index in [0.29, 0.717) is 13.1 Å². The van der Waals surface area contributed by atoms with Gasteiger partial charge in [-0.1, -0.05) is 0 Å². The van der Waals surface area contributed by atoms with Crippen LogP contribution in [0.3, 0.4) is 0 Å². The molecule has 0 spiro atoms. The van der Waals surface area contributed by atoms with Gasteiger partial charge in [-0.15, -0.1) is 0 Å². The average molecular weight is 239 g/mol. The molecular formula is C9H21NO4S. The quantitative estimate of drug-likeness (QED) is 0.634. The first-order chi connectivity index (χ1) is 6.74. The number of ether oxygens (including phenoxy) is 2. The van der Waals surface area contributed by atoms with Crippen LogP contribution in [0.4, 0.5) is 0 Å². The Morgan fingerprint density at radius 2 is 1.73 bits per heavy atom. The summed E-state index contributed by atoms with van der Waals surface area (Å²) in [4.78, 5) is 0. The van der Waals surface area contributed by atoms with E-state index in [1.807, 2.05) is 0 Å². The Bertz CT molecular complexity index is 270. The number of rotatable bonds is 7. The zero-order chi connectivity index (χ0) is 12.1. The van der Waals surface area contributed by atoms with Crippen LogP contribution in [0.25, 0.3) is 0 Å². The lowest BCUT2D eigenvalue weighted by atomic mass is 10.2. The number of sulfone groups is 1. The number of methoxy groups -OCH3 is 2. The minimum Gasteiger partial charge on any atom is -0.355 e. The van der Waals surface area contributed by atoms with E-state index in [1.54, 1.807) is 13.8 Å². The Hall–Kier alpha value is -0.170. The SMILES string of the molecule is COC(CNCC(C)(C)S(C)(=O)=O)OC. The Kier molecular flexibility index (Phi) is 5.72. The third-order valence-corrected chi connectivity index (χ3v) is 4.54. The van der Waals surface area contributed by atoms with E-state index in [1.165, 1.54) is 20.5 Å². The fourth-order valence-corrected chi connectivity index (χ4v) is 1.25. The maximum Gasteiger partial charge on any atom is 0.169 e. The number of hydrogen-bond acceptors (Lipinski definition) is 5. The van der Waals surface area contributed by atoms with Gasteiger partial charge in [-0.25, -0.2) is 8.42 Å². The van der Waals surface area contributed by atoms with Crippen molar-refractivity contribution in [3.05, 3.63) is 0 Å². The Morgan fingerprint density at radius 1 is 1.27 bits per heavy atom. The van der Waals surface area contributed by atoms with E-state index < -0.39 is 14.6 Å². The summed E-state index contributed by atoms with van der Waals surface area (Å²) >= 11 is 0. The fourth-order valence-electron chi connectivity index (χ4n) is 0.885. The second kappa shape index (κ2) is 5.79. The molecule has 6 heteroatoms. The van der Waals surface area contributed by atoms with Gasteiger partial charge in [-0.2, -0.15) is 0 Å². The van der Waals surface area contributed by atoms with Crippen LogP contribution >= 0.6 is 0 Å².